The van der Waals surface area contributed by atoms with Gasteiger partial charge < -0.3 is 14.8 Å². The molecule has 3 aliphatic rings. The van der Waals surface area contributed by atoms with E-state index in [0.717, 1.165) is 49.7 Å². The number of carbonyl (C=O) groups is 2. The molecule has 0 spiro atoms. The molecule has 1 aromatic rings. The van der Waals surface area contributed by atoms with E-state index in [-0.39, 0.29) is 35.5 Å². The summed E-state index contributed by atoms with van der Waals surface area (Å²) >= 11 is 6.36. The highest BCUT2D eigenvalue weighted by Crippen LogP contribution is 2.51. The Morgan fingerprint density at radius 2 is 1.92 bits per heavy atom. The lowest BCUT2D eigenvalue weighted by atomic mass is 9.58. The number of hydrogen-bond donors (Lipinski definition) is 2. The SMILES string of the molecule is CCCC1=C2[C@@H](CC/C(=C/c3ccc(O)cc3Cl)CCC)OB(O)C[C@@H]2[C@@H]2C(=O)N(CCC)C(=O)[C@@H]2C1. The summed E-state index contributed by atoms with van der Waals surface area (Å²) in [6, 6.07) is 5.00. The maximum atomic E-state index is 13.4. The van der Waals surface area contributed by atoms with Crippen LogP contribution in [0.4, 0.5) is 0 Å². The van der Waals surface area contributed by atoms with Crippen LogP contribution in [0.1, 0.15) is 77.7 Å². The molecule has 0 saturated carbocycles. The molecular formula is C29H39BClNO5. The number of carbonyl (C=O) groups excluding carboxylic acids is 2. The van der Waals surface area contributed by atoms with Crippen molar-refractivity contribution in [1.29, 1.82) is 0 Å². The van der Waals surface area contributed by atoms with E-state index in [9.17, 15) is 19.7 Å². The summed E-state index contributed by atoms with van der Waals surface area (Å²) in [6.07, 6.45) is 8.70. The summed E-state index contributed by atoms with van der Waals surface area (Å²) < 4.78 is 6.14. The van der Waals surface area contributed by atoms with Crippen LogP contribution in [0.3, 0.4) is 0 Å². The number of fused-ring (bicyclic) bond motifs is 3. The second kappa shape index (κ2) is 12.2. The number of hydrogen-bond acceptors (Lipinski definition) is 5. The Balaban J connectivity index is 1.62. The smallest absolute Gasteiger partial charge is 0.455 e. The zero-order chi connectivity index (χ0) is 26.7. The van der Waals surface area contributed by atoms with Crippen molar-refractivity contribution in [3.8, 4) is 5.75 Å². The lowest BCUT2D eigenvalue weighted by Gasteiger charge is -2.43. The average Bonchev–Trinajstić information content (AvgIpc) is 3.09. The minimum Gasteiger partial charge on any atom is -0.508 e. The van der Waals surface area contributed by atoms with E-state index >= 15 is 0 Å². The Bertz CT molecular complexity index is 1090. The molecule has 0 radical (unpaired) electrons. The number of benzene rings is 1. The van der Waals surface area contributed by atoms with Crippen molar-refractivity contribution >= 4 is 36.6 Å². The molecule has 2 heterocycles. The van der Waals surface area contributed by atoms with Gasteiger partial charge in [-0.25, -0.2) is 0 Å². The lowest BCUT2D eigenvalue weighted by molar-refractivity contribution is -0.140. The van der Waals surface area contributed by atoms with E-state index < -0.39 is 13.0 Å². The molecule has 0 unspecified atom stereocenters. The molecular weight excluding hydrogens is 489 g/mol. The number of allylic oxidation sites excluding steroid dienone is 2. The summed E-state index contributed by atoms with van der Waals surface area (Å²) in [5.41, 5.74) is 4.49. The summed E-state index contributed by atoms with van der Waals surface area (Å²) in [5, 5.41) is 20.9. The first kappa shape index (κ1) is 27.9. The number of rotatable bonds is 10. The molecule has 0 aromatic heterocycles. The molecule has 4 atom stereocenters. The van der Waals surface area contributed by atoms with Gasteiger partial charge in [-0.2, -0.15) is 0 Å². The highest BCUT2D eigenvalue weighted by atomic mass is 35.5. The van der Waals surface area contributed by atoms with Crippen LogP contribution in [0.15, 0.2) is 34.9 Å². The second-order valence-corrected chi connectivity index (χ2v) is 11.1. The van der Waals surface area contributed by atoms with E-state index in [4.69, 9.17) is 16.3 Å². The van der Waals surface area contributed by atoms with Gasteiger partial charge in [0.15, 0.2) is 0 Å². The zero-order valence-corrected chi connectivity index (χ0v) is 23.0. The van der Waals surface area contributed by atoms with Crippen LogP contribution in [0, 0.1) is 17.8 Å². The monoisotopic (exact) mass is 527 g/mol. The molecule has 1 aromatic carbocycles. The third-order valence-electron chi connectivity index (χ3n) is 8.04. The first-order valence-electron chi connectivity index (χ1n) is 13.9. The van der Waals surface area contributed by atoms with E-state index in [1.54, 1.807) is 12.1 Å². The Morgan fingerprint density at radius 1 is 1.14 bits per heavy atom. The first-order valence-corrected chi connectivity index (χ1v) is 14.2. The van der Waals surface area contributed by atoms with Gasteiger partial charge in [-0.15, -0.1) is 0 Å². The Kier molecular flexibility index (Phi) is 9.20. The van der Waals surface area contributed by atoms with Gasteiger partial charge in [0.25, 0.3) is 0 Å². The highest BCUT2D eigenvalue weighted by molar-refractivity contribution is 6.43. The predicted octanol–water partition coefficient (Wildman–Crippen LogP) is 6.02. The number of imide groups is 1. The fourth-order valence-corrected chi connectivity index (χ4v) is 6.80. The standard InChI is InChI=1S/C29H39BClNO5/c1-4-7-18(14-19-10-11-21(33)16-24(19)31)9-12-25-26-20(8-5-2)15-22-27(23(26)17-30(36)37-25)29(35)32(13-6-3)28(22)34/h10-11,14,16,22-23,25,27,33,36H,4-9,12-13,15,17H2,1-3H3/b18-14+/t22-,23+,25-,27-/m1/s1. The van der Waals surface area contributed by atoms with Crippen LogP contribution >= 0.6 is 11.6 Å². The third kappa shape index (κ3) is 5.84. The lowest BCUT2D eigenvalue weighted by Crippen LogP contribution is -2.46. The van der Waals surface area contributed by atoms with Crippen molar-refractivity contribution in [2.24, 2.45) is 17.8 Å². The molecule has 37 heavy (non-hydrogen) atoms. The topological polar surface area (TPSA) is 87.1 Å². The van der Waals surface area contributed by atoms with Crippen molar-refractivity contribution in [3.05, 3.63) is 45.5 Å². The number of phenolic OH excluding ortho intramolecular Hbond substituents is 1. The van der Waals surface area contributed by atoms with Crippen molar-refractivity contribution < 1.29 is 24.4 Å². The minimum absolute atomic E-state index is 0.0408. The summed E-state index contributed by atoms with van der Waals surface area (Å²) in [7, 11) is -0.950. The average molecular weight is 528 g/mol. The number of aromatic hydroxyl groups is 1. The van der Waals surface area contributed by atoms with Crippen LogP contribution < -0.4 is 0 Å². The van der Waals surface area contributed by atoms with Crippen molar-refractivity contribution in [3.63, 3.8) is 0 Å². The Labute approximate surface area is 225 Å². The number of likely N-dealkylation sites (tertiary alicyclic amines) is 1. The maximum absolute atomic E-state index is 13.4. The van der Waals surface area contributed by atoms with Gasteiger partial charge in [0, 0.05) is 6.54 Å². The number of halogens is 1. The molecule has 2 aliphatic heterocycles. The molecule has 200 valence electrons. The molecule has 2 saturated heterocycles. The van der Waals surface area contributed by atoms with Crippen LogP contribution in [0.25, 0.3) is 6.08 Å². The van der Waals surface area contributed by atoms with Gasteiger partial charge in [-0.05, 0) is 80.1 Å². The molecule has 6 nitrogen and oxygen atoms in total. The van der Waals surface area contributed by atoms with E-state index in [1.165, 1.54) is 16.0 Å². The van der Waals surface area contributed by atoms with Gasteiger partial charge >= 0.3 is 7.12 Å². The molecule has 2 N–H and O–H groups in total. The number of nitrogens with zero attached hydrogens (tertiary/aromatic N) is 1. The first-order chi connectivity index (χ1) is 17.8. The number of amides is 2. The van der Waals surface area contributed by atoms with Crippen LogP contribution in [0.5, 0.6) is 5.75 Å². The van der Waals surface area contributed by atoms with Crippen LogP contribution in [0.2, 0.25) is 11.3 Å². The van der Waals surface area contributed by atoms with Crippen LogP contribution in [-0.4, -0.2) is 46.6 Å². The molecule has 2 fully saturated rings. The largest absolute Gasteiger partial charge is 0.508 e. The Hall–Kier alpha value is -2.09. The quantitative estimate of drug-likeness (QED) is 0.221. The van der Waals surface area contributed by atoms with E-state index in [1.807, 2.05) is 13.0 Å². The normalized spacial score (nSPS) is 26.1. The minimum atomic E-state index is -0.950. The molecule has 4 rings (SSSR count). The molecule has 0 bridgehead atoms. The van der Waals surface area contributed by atoms with E-state index in [2.05, 4.69) is 19.9 Å². The summed E-state index contributed by atoms with van der Waals surface area (Å²) in [6.45, 7) is 6.72. The third-order valence-corrected chi connectivity index (χ3v) is 8.37. The molecule has 8 heteroatoms. The highest BCUT2D eigenvalue weighted by Gasteiger charge is 2.56. The van der Waals surface area contributed by atoms with Gasteiger partial charge in [0.05, 0.1) is 23.0 Å². The fraction of sp³-hybridized carbons (Fsp3) is 0.586. The second-order valence-electron chi connectivity index (χ2n) is 10.7. The van der Waals surface area contributed by atoms with Crippen molar-refractivity contribution in [1.82, 2.24) is 4.90 Å². The maximum Gasteiger partial charge on any atom is 0.455 e. The number of phenols is 1. The van der Waals surface area contributed by atoms with Gasteiger partial charge in [0.2, 0.25) is 11.8 Å². The van der Waals surface area contributed by atoms with Gasteiger partial charge in [0.1, 0.15) is 5.75 Å². The summed E-state index contributed by atoms with van der Waals surface area (Å²) in [5.74, 6) is -0.835. The summed E-state index contributed by atoms with van der Waals surface area (Å²) in [4.78, 5) is 28.1. The predicted molar refractivity (Wildman–Crippen MR) is 147 cm³/mol. The molecule has 1 aliphatic carbocycles. The van der Waals surface area contributed by atoms with Gasteiger partial charge in [-0.3, -0.25) is 14.5 Å². The van der Waals surface area contributed by atoms with Crippen LogP contribution in [-0.2, 0) is 14.2 Å². The zero-order valence-electron chi connectivity index (χ0n) is 22.2. The molecule has 2 amide bonds. The van der Waals surface area contributed by atoms with Gasteiger partial charge in [-0.1, -0.05) is 62.4 Å². The van der Waals surface area contributed by atoms with Crippen molar-refractivity contribution in [2.75, 3.05) is 6.54 Å². The fourth-order valence-electron chi connectivity index (χ4n) is 6.57. The van der Waals surface area contributed by atoms with Crippen molar-refractivity contribution in [2.45, 2.75) is 84.6 Å². The van der Waals surface area contributed by atoms with E-state index in [0.29, 0.717) is 30.7 Å². The Morgan fingerprint density at radius 3 is 2.59 bits per heavy atom.